The Balaban J connectivity index is 2.04. The molecule has 0 amide bonds. The maximum atomic E-state index is 5.14. The fourth-order valence-electron chi connectivity index (χ4n) is 1.88. The largest absolute Gasteiger partial charge is 0.338 e. The van der Waals surface area contributed by atoms with E-state index in [0.29, 0.717) is 11.7 Å². The Hall–Kier alpha value is -0.940. The third-order valence-electron chi connectivity index (χ3n) is 2.87. The highest BCUT2D eigenvalue weighted by atomic mass is 16.5. The van der Waals surface area contributed by atoms with E-state index >= 15 is 0 Å². The minimum atomic E-state index is 0.153. The lowest BCUT2D eigenvalue weighted by atomic mass is 10.0. The van der Waals surface area contributed by atoms with Crippen molar-refractivity contribution in [3.63, 3.8) is 0 Å². The summed E-state index contributed by atoms with van der Waals surface area (Å²) in [6.07, 6.45) is 0. The highest BCUT2D eigenvalue weighted by Gasteiger charge is 2.30. The molecule has 0 radical (unpaired) electrons. The molecular weight excluding hydrogens is 192 g/mol. The predicted molar refractivity (Wildman–Crippen MR) is 56.4 cm³/mol. The van der Waals surface area contributed by atoms with Crippen LogP contribution in [-0.4, -0.2) is 40.2 Å². The molecule has 1 saturated heterocycles. The second kappa shape index (κ2) is 3.90. The van der Waals surface area contributed by atoms with E-state index in [0.717, 1.165) is 26.2 Å². The molecule has 5 heteroatoms. The van der Waals surface area contributed by atoms with Crippen LogP contribution in [0.1, 0.15) is 25.6 Å². The third-order valence-corrected chi connectivity index (χ3v) is 2.87. The Kier molecular flexibility index (Phi) is 2.75. The van der Waals surface area contributed by atoms with E-state index in [9.17, 15) is 0 Å². The summed E-state index contributed by atoms with van der Waals surface area (Å²) in [5.41, 5.74) is 0.153. The molecule has 0 aromatic carbocycles. The van der Waals surface area contributed by atoms with Gasteiger partial charge in [-0.1, -0.05) is 5.16 Å². The maximum absolute atomic E-state index is 5.14. The minimum absolute atomic E-state index is 0.153. The fourth-order valence-corrected chi connectivity index (χ4v) is 1.88. The topological polar surface area (TPSA) is 54.2 Å². The van der Waals surface area contributed by atoms with Crippen molar-refractivity contribution < 1.29 is 4.52 Å². The zero-order valence-electron chi connectivity index (χ0n) is 9.58. The summed E-state index contributed by atoms with van der Waals surface area (Å²) >= 11 is 0. The van der Waals surface area contributed by atoms with Crippen LogP contribution in [-0.2, 0) is 6.54 Å². The Labute approximate surface area is 89.8 Å². The van der Waals surface area contributed by atoms with Gasteiger partial charge >= 0.3 is 0 Å². The van der Waals surface area contributed by atoms with Gasteiger partial charge in [-0.25, -0.2) is 0 Å². The molecule has 15 heavy (non-hydrogen) atoms. The molecule has 2 heterocycles. The second-order valence-corrected chi connectivity index (χ2v) is 4.65. The summed E-state index contributed by atoms with van der Waals surface area (Å²) in [7, 11) is 0. The molecule has 1 N–H and O–H groups in total. The van der Waals surface area contributed by atoms with E-state index in [-0.39, 0.29) is 5.54 Å². The van der Waals surface area contributed by atoms with Gasteiger partial charge in [0.2, 0.25) is 5.89 Å². The second-order valence-electron chi connectivity index (χ2n) is 4.65. The molecule has 2 rings (SSSR count). The van der Waals surface area contributed by atoms with Gasteiger partial charge in [-0.05, 0) is 20.8 Å². The van der Waals surface area contributed by atoms with Crippen LogP contribution in [0.15, 0.2) is 4.52 Å². The van der Waals surface area contributed by atoms with E-state index in [1.807, 2.05) is 6.92 Å². The average molecular weight is 210 g/mol. The lowest BCUT2D eigenvalue weighted by Gasteiger charge is -2.41. The first-order chi connectivity index (χ1) is 7.08. The zero-order chi connectivity index (χ0) is 10.9. The molecule has 0 bridgehead atoms. The van der Waals surface area contributed by atoms with Crippen LogP contribution in [0.25, 0.3) is 0 Å². The molecule has 0 unspecified atom stereocenters. The molecule has 1 aromatic heterocycles. The zero-order valence-corrected chi connectivity index (χ0v) is 9.58. The highest BCUT2D eigenvalue weighted by Crippen LogP contribution is 2.18. The van der Waals surface area contributed by atoms with Gasteiger partial charge in [0.1, 0.15) is 0 Å². The summed E-state index contributed by atoms with van der Waals surface area (Å²) in [5.74, 6) is 1.42. The van der Waals surface area contributed by atoms with E-state index in [2.05, 4.69) is 34.2 Å². The van der Waals surface area contributed by atoms with E-state index in [4.69, 9.17) is 4.52 Å². The number of hydrogen-bond donors (Lipinski definition) is 1. The van der Waals surface area contributed by atoms with Gasteiger partial charge in [0.15, 0.2) is 5.82 Å². The summed E-state index contributed by atoms with van der Waals surface area (Å²) in [4.78, 5) is 6.60. The monoisotopic (exact) mass is 210 g/mol. The summed E-state index contributed by atoms with van der Waals surface area (Å²) < 4.78 is 5.14. The van der Waals surface area contributed by atoms with Crippen LogP contribution in [0.4, 0.5) is 0 Å². The molecule has 1 aliphatic rings. The summed E-state index contributed by atoms with van der Waals surface area (Å²) in [5, 5.41) is 7.19. The SMILES string of the molecule is Cc1noc(CN2CCNCC2(C)C)n1. The van der Waals surface area contributed by atoms with Crippen LogP contribution >= 0.6 is 0 Å². The van der Waals surface area contributed by atoms with E-state index in [1.165, 1.54) is 0 Å². The van der Waals surface area contributed by atoms with Crippen LogP contribution in [0.5, 0.6) is 0 Å². The van der Waals surface area contributed by atoms with Crippen LogP contribution in [0.2, 0.25) is 0 Å². The molecule has 84 valence electrons. The number of nitrogens with zero attached hydrogens (tertiary/aromatic N) is 3. The quantitative estimate of drug-likeness (QED) is 0.773. The molecule has 0 atom stereocenters. The van der Waals surface area contributed by atoms with E-state index < -0.39 is 0 Å². The Morgan fingerprint density at radius 2 is 2.33 bits per heavy atom. The minimum Gasteiger partial charge on any atom is -0.338 e. The molecular formula is C10H18N4O. The Morgan fingerprint density at radius 3 is 2.93 bits per heavy atom. The molecule has 1 aromatic rings. The number of nitrogens with one attached hydrogen (secondary N) is 1. The summed E-state index contributed by atoms with van der Waals surface area (Å²) in [6, 6.07) is 0. The highest BCUT2D eigenvalue weighted by molar-refractivity contribution is 4.92. The lowest BCUT2D eigenvalue weighted by Crippen LogP contribution is -2.57. The standard InChI is InChI=1S/C10H18N4O/c1-8-12-9(15-13-8)6-14-5-4-11-7-10(14,2)3/h11H,4-7H2,1-3H3. The van der Waals surface area contributed by atoms with Crippen molar-refractivity contribution in [3.05, 3.63) is 11.7 Å². The Bertz CT molecular complexity index is 334. The number of rotatable bonds is 2. The number of aromatic nitrogens is 2. The van der Waals surface area contributed by atoms with Crippen LogP contribution < -0.4 is 5.32 Å². The van der Waals surface area contributed by atoms with Gasteiger partial charge < -0.3 is 9.84 Å². The molecule has 0 aliphatic carbocycles. The van der Waals surface area contributed by atoms with Gasteiger partial charge in [-0.3, -0.25) is 4.90 Å². The van der Waals surface area contributed by atoms with Crippen LogP contribution in [0, 0.1) is 6.92 Å². The average Bonchev–Trinajstić information content (AvgIpc) is 2.55. The first-order valence-corrected chi connectivity index (χ1v) is 5.33. The molecule has 5 nitrogen and oxygen atoms in total. The molecule has 0 spiro atoms. The maximum Gasteiger partial charge on any atom is 0.240 e. The lowest BCUT2D eigenvalue weighted by molar-refractivity contribution is 0.0711. The molecule has 0 saturated carbocycles. The fraction of sp³-hybridized carbons (Fsp3) is 0.800. The number of hydrogen-bond acceptors (Lipinski definition) is 5. The van der Waals surface area contributed by atoms with Crippen molar-refractivity contribution in [1.29, 1.82) is 0 Å². The molecule has 1 fully saturated rings. The van der Waals surface area contributed by atoms with Crippen molar-refractivity contribution in [2.24, 2.45) is 0 Å². The van der Waals surface area contributed by atoms with E-state index in [1.54, 1.807) is 0 Å². The van der Waals surface area contributed by atoms with Crippen molar-refractivity contribution in [1.82, 2.24) is 20.4 Å². The van der Waals surface area contributed by atoms with Gasteiger partial charge in [-0.15, -0.1) is 0 Å². The predicted octanol–water partition coefficient (Wildman–Crippen LogP) is 0.562. The third kappa shape index (κ3) is 2.35. The number of aryl methyl sites for hydroxylation is 1. The van der Waals surface area contributed by atoms with Crippen molar-refractivity contribution in [2.75, 3.05) is 19.6 Å². The van der Waals surface area contributed by atoms with Gasteiger partial charge in [0.25, 0.3) is 0 Å². The van der Waals surface area contributed by atoms with Gasteiger partial charge in [0, 0.05) is 25.2 Å². The van der Waals surface area contributed by atoms with Crippen molar-refractivity contribution in [2.45, 2.75) is 32.9 Å². The van der Waals surface area contributed by atoms with Crippen molar-refractivity contribution in [3.8, 4) is 0 Å². The first kappa shape index (κ1) is 10.6. The first-order valence-electron chi connectivity index (χ1n) is 5.33. The smallest absolute Gasteiger partial charge is 0.240 e. The molecule has 1 aliphatic heterocycles. The van der Waals surface area contributed by atoms with Crippen molar-refractivity contribution >= 4 is 0 Å². The Morgan fingerprint density at radius 1 is 1.53 bits per heavy atom. The summed E-state index contributed by atoms with van der Waals surface area (Å²) in [6.45, 7) is 10.1. The number of piperazine rings is 1. The van der Waals surface area contributed by atoms with Crippen LogP contribution in [0.3, 0.4) is 0 Å². The van der Waals surface area contributed by atoms with Gasteiger partial charge in [0.05, 0.1) is 6.54 Å². The normalized spacial score (nSPS) is 21.8. The van der Waals surface area contributed by atoms with Gasteiger partial charge in [-0.2, -0.15) is 4.98 Å².